The quantitative estimate of drug-likeness (QED) is 0.0145. The number of rotatable bonds is 88. The Balaban J connectivity index is -0.000000187. The van der Waals surface area contributed by atoms with E-state index < -0.39 is 0 Å². The molecule has 8 nitrogen and oxygen atoms in total. The van der Waals surface area contributed by atoms with E-state index in [-0.39, 0.29) is 100 Å². The van der Waals surface area contributed by atoms with Gasteiger partial charge in [-0.2, -0.15) is 13.5 Å². The van der Waals surface area contributed by atoms with Gasteiger partial charge in [0, 0.05) is 25.7 Å². The van der Waals surface area contributed by atoms with Gasteiger partial charge in [-0.3, -0.25) is 19.2 Å². The van der Waals surface area contributed by atoms with E-state index in [4.69, 9.17) is 69.5 Å². The molecule has 0 aliphatic carbocycles. The minimum absolute atomic E-state index is 0. The molecule has 0 unspecified atom stereocenters. The van der Waals surface area contributed by atoms with E-state index in [9.17, 15) is 19.2 Å². The minimum atomic E-state index is -0.0792. The van der Waals surface area contributed by atoms with E-state index >= 15 is 0 Å². The van der Waals surface area contributed by atoms with E-state index in [2.05, 4.69) is 76.3 Å². The van der Waals surface area contributed by atoms with Gasteiger partial charge in [0.2, 0.25) is 0 Å². The van der Waals surface area contributed by atoms with Gasteiger partial charge in [-0.15, -0.1) is 23.0 Å². The Morgan fingerprint density at radius 3 is 0.402 bits per heavy atom. The second-order valence-corrected chi connectivity index (χ2v) is 33.7. The molecule has 0 aliphatic heterocycles. The van der Waals surface area contributed by atoms with E-state index in [0.717, 1.165) is 51.4 Å². The average Bonchev–Trinajstić information content (AvgIpc) is 1.08. The molecule has 0 aliphatic rings. The van der Waals surface area contributed by atoms with Crippen LogP contribution in [-0.4, -0.2) is 121 Å². The summed E-state index contributed by atoms with van der Waals surface area (Å²) in [7, 11) is 0. The Labute approximate surface area is 795 Å². The summed E-state index contributed by atoms with van der Waals surface area (Å²) in [4.78, 5) is 45.3. The number of carbonyl (C=O) groups excluding carboxylic acids is 4. The molecular weight excluding hydrogens is 1750 g/mol. The number of allylic oxidation sites excluding steroid dienone is 8. The summed E-state index contributed by atoms with van der Waals surface area (Å²) in [5.74, 6) is 1.69. The molecule has 0 spiro atoms. The predicted molar refractivity (Wildman–Crippen MR) is 538 cm³/mol. The number of hydrogen-bond donors (Lipinski definition) is 0. The first-order valence-corrected chi connectivity index (χ1v) is 51.1. The van der Waals surface area contributed by atoms with Crippen LogP contribution in [0.5, 0.6) is 0 Å². The smallest absolute Gasteiger partial charge is 0.789 e. The van der Waals surface area contributed by atoms with Crippen LogP contribution >= 0.6 is 13.5 Å². The Morgan fingerprint density at radius 1 is 0.188 bits per heavy atom. The number of unbranched alkanes of at least 4 members (excludes halogenated alkanes) is 64. The third-order valence-corrected chi connectivity index (χ3v) is 21.5. The van der Waals surface area contributed by atoms with Gasteiger partial charge in [-0.25, -0.2) is 0 Å². The van der Waals surface area contributed by atoms with Crippen molar-refractivity contribution in [1.82, 2.24) is 0 Å². The summed E-state index contributed by atoms with van der Waals surface area (Å²) in [5, 5.41) is 0. The first kappa shape index (κ1) is 135. The minimum Gasteiger partial charge on any atom is -0.789 e. The van der Waals surface area contributed by atoms with Crippen molar-refractivity contribution in [3.05, 3.63) is 48.6 Å². The summed E-state index contributed by atoms with van der Waals surface area (Å²) in [6.07, 6.45) is 117. The van der Waals surface area contributed by atoms with Gasteiger partial charge < -0.3 is 69.5 Å². The Morgan fingerprint density at radius 2 is 0.291 bits per heavy atom. The van der Waals surface area contributed by atoms with E-state index in [1.54, 1.807) is 0 Å². The van der Waals surface area contributed by atoms with Crippen molar-refractivity contribution in [2.24, 2.45) is 0 Å². The fraction of sp³-hybridized carbons (Fsp3) is 0.882. The molecule has 4 radical (unpaired) electrons. The molecule has 117 heavy (non-hydrogen) atoms. The topological polar surface area (TPSA) is 105 Å². The van der Waals surface area contributed by atoms with Gasteiger partial charge >= 0.3 is 71.7 Å². The van der Waals surface area contributed by atoms with Gasteiger partial charge in [0.05, 0.1) is 26.4 Å². The fourth-order valence-corrected chi connectivity index (χ4v) is 14.2. The van der Waals surface area contributed by atoms with Gasteiger partial charge in [0.25, 0.3) is 0 Å². The van der Waals surface area contributed by atoms with Gasteiger partial charge in [-0.05, 0) is 103 Å². The fourth-order valence-electron chi connectivity index (χ4n) is 13.8. The molecule has 0 rings (SSSR count). The number of esters is 4. The Hall–Kier alpha value is 0.187. The Kier molecular flexibility index (Phi) is 152. The average molecular weight is 1950 g/mol. The molecule has 0 aromatic heterocycles. The predicted octanol–water partition coefficient (Wildman–Crippen LogP) is 32.9. The SMILES string of the molecule is C.C.CCC/C=C/CCCCCCCCCCCCCCCCCC(=O)OCC[S-].CCC/C=C/CCCCCCCCCCCCCCCCCC(=O)OCC[S-].CCC/C=C/CCCCCCCCCCCCCCCCCC(=O)OCC[S-].CCC/C=C/CCCCCCCCCCCCCCCCCC(=O)OCC[S-].S.[Sn+2].[Sn+2]. The van der Waals surface area contributed by atoms with Gasteiger partial charge in [0.1, 0.15) is 0 Å². The van der Waals surface area contributed by atoms with Gasteiger partial charge in [0.15, 0.2) is 0 Å². The largest absolute Gasteiger partial charge is 2.00 e. The maximum atomic E-state index is 11.3. The van der Waals surface area contributed by atoms with E-state index in [1.807, 2.05) is 0 Å². The maximum Gasteiger partial charge on any atom is 2.00 e. The van der Waals surface area contributed by atoms with Crippen LogP contribution in [0.3, 0.4) is 0 Å². The molecule has 0 heterocycles. The van der Waals surface area contributed by atoms with E-state index in [1.165, 1.54) is 411 Å². The van der Waals surface area contributed by atoms with Crippen LogP contribution in [0.1, 0.15) is 531 Å². The van der Waals surface area contributed by atoms with Crippen molar-refractivity contribution in [2.75, 3.05) is 49.4 Å². The standard InChI is InChI=1S/4C25H48O2S.2CH4.H2S.2Sn/c4*1-2-3-4-5-6-7-8-9-10-11-12-13-14-15-16-17-18-19-20-21-22-25(26)27-23-24-28;;;;;/h4*4-5,28H,2-3,6-24H2,1H3;2*1H4;1H2;;/q;;;;;;;2*+2/p-4/b4*5-4+;;;;;. The van der Waals surface area contributed by atoms with Gasteiger partial charge in [-0.1, -0.05) is 451 Å². The molecule has 0 amide bonds. The van der Waals surface area contributed by atoms with Crippen molar-refractivity contribution in [2.45, 2.75) is 531 Å². The van der Waals surface area contributed by atoms with Crippen LogP contribution < -0.4 is 0 Å². The maximum absolute atomic E-state index is 11.3. The first-order chi connectivity index (χ1) is 55.2. The number of hydrogen-bond acceptors (Lipinski definition) is 12. The molecule has 0 bridgehead atoms. The number of carbonyl (C=O) groups is 4. The summed E-state index contributed by atoms with van der Waals surface area (Å²) in [6.45, 7) is 10.5. The van der Waals surface area contributed by atoms with Crippen LogP contribution in [0.25, 0.3) is 0 Å². The third-order valence-electron chi connectivity index (χ3n) is 20.9. The Bertz CT molecular complexity index is 1650. The molecular formula is C102H198O8S5Sn2. The monoisotopic (exact) mass is 1950 g/mol. The molecule has 0 saturated carbocycles. The van der Waals surface area contributed by atoms with Crippen LogP contribution in [0, 0.1) is 0 Å². The van der Waals surface area contributed by atoms with Crippen molar-refractivity contribution in [3.63, 3.8) is 0 Å². The first-order valence-electron chi connectivity index (χ1n) is 48.8. The number of ether oxygens (including phenoxy) is 4. The van der Waals surface area contributed by atoms with Crippen LogP contribution in [-0.2, 0) is 88.6 Å². The second kappa shape index (κ2) is 132. The molecule has 0 fully saturated rings. The second-order valence-electron chi connectivity index (χ2n) is 32.1. The van der Waals surface area contributed by atoms with Crippen molar-refractivity contribution in [3.8, 4) is 0 Å². The molecule has 0 aromatic rings. The summed E-state index contributed by atoms with van der Waals surface area (Å²) < 4.78 is 19.9. The summed E-state index contributed by atoms with van der Waals surface area (Å²) in [5.41, 5.74) is 0. The normalized spacial score (nSPS) is 10.9. The zero-order valence-corrected chi connectivity index (χ0v) is 86.4. The van der Waals surface area contributed by atoms with Crippen molar-refractivity contribution >= 4 is 136 Å². The zero-order chi connectivity index (χ0) is 82.2. The third kappa shape index (κ3) is 140. The molecule has 0 aromatic carbocycles. The van der Waals surface area contributed by atoms with Crippen LogP contribution in [0.15, 0.2) is 48.6 Å². The van der Waals surface area contributed by atoms with Crippen molar-refractivity contribution < 1.29 is 38.1 Å². The van der Waals surface area contributed by atoms with Crippen LogP contribution in [0.4, 0.5) is 0 Å². The zero-order valence-electron chi connectivity index (χ0n) is 76.4. The van der Waals surface area contributed by atoms with E-state index in [0.29, 0.717) is 75.1 Å². The van der Waals surface area contributed by atoms with Crippen molar-refractivity contribution in [1.29, 1.82) is 0 Å². The molecule has 0 atom stereocenters. The summed E-state index contributed by atoms with van der Waals surface area (Å²) in [6, 6.07) is 0. The summed E-state index contributed by atoms with van der Waals surface area (Å²) >= 11 is 19.0. The molecule has 0 saturated heterocycles. The molecule has 0 N–H and O–H groups in total. The molecule has 692 valence electrons. The molecule has 15 heteroatoms. The van der Waals surface area contributed by atoms with Crippen LogP contribution in [0.2, 0.25) is 0 Å².